The molecular weight excluding hydrogens is 466 g/mol. The summed E-state index contributed by atoms with van der Waals surface area (Å²) in [4.78, 5) is 25.1. The lowest BCUT2D eigenvalue weighted by Gasteiger charge is -2.21. The molecule has 0 bridgehead atoms. The van der Waals surface area contributed by atoms with Gasteiger partial charge >= 0.3 is 0 Å². The van der Waals surface area contributed by atoms with E-state index in [1.165, 1.54) is 37.4 Å². The van der Waals surface area contributed by atoms with Crippen molar-refractivity contribution in [2.75, 3.05) is 7.11 Å². The topological polar surface area (TPSA) is 94.6 Å². The van der Waals surface area contributed by atoms with Gasteiger partial charge in [-0.25, -0.2) is 8.78 Å². The Labute approximate surface area is 207 Å². The zero-order valence-electron chi connectivity index (χ0n) is 20.4. The number of hydrogen-bond donors (Lipinski definition) is 2. The number of furan rings is 1. The fourth-order valence-electron chi connectivity index (χ4n) is 4.05. The van der Waals surface area contributed by atoms with E-state index in [2.05, 4.69) is 5.32 Å². The van der Waals surface area contributed by atoms with Gasteiger partial charge in [0, 0.05) is 28.7 Å². The third-order valence-corrected chi connectivity index (χ3v) is 5.63. The van der Waals surface area contributed by atoms with E-state index in [-0.39, 0.29) is 40.2 Å². The van der Waals surface area contributed by atoms with Gasteiger partial charge in [-0.3, -0.25) is 9.59 Å². The van der Waals surface area contributed by atoms with Gasteiger partial charge in [0.2, 0.25) is 0 Å². The van der Waals surface area contributed by atoms with Gasteiger partial charge in [0.15, 0.2) is 0 Å². The van der Waals surface area contributed by atoms with Crippen molar-refractivity contribution in [3.63, 3.8) is 0 Å². The average Bonchev–Trinajstić information content (AvgIpc) is 3.18. The minimum Gasteiger partial charge on any atom is -0.496 e. The van der Waals surface area contributed by atoms with Crippen LogP contribution in [0.25, 0.3) is 22.1 Å². The summed E-state index contributed by atoms with van der Waals surface area (Å²) in [6.45, 7) is 5.57. The first-order valence-corrected chi connectivity index (χ1v) is 11.3. The van der Waals surface area contributed by atoms with Crippen molar-refractivity contribution in [1.82, 2.24) is 5.32 Å². The minimum atomic E-state index is -0.854. The zero-order chi connectivity index (χ0) is 26.2. The molecule has 0 saturated carbocycles. The van der Waals surface area contributed by atoms with Crippen molar-refractivity contribution in [3.8, 4) is 16.9 Å². The molecule has 3 N–H and O–H groups in total. The Bertz CT molecular complexity index is 1470. The maximum atomic E-state index is 16.0. The molecule has 0 unspecified atom stereocenters. The van der Waals surface area contributed by atoms with Crippen LogP contribution in [0.1, 0.15) is 52.8 Å². The molecule has 0 aliphatic heterocycles. The lowest BCUT2D eigenvalue weighted by atomic mass is 9.97. The molecule has 1 aromatic heterocycles. The fraction of sp³-hybridized carbons (Fsp3) is 0.214. The van der Waals surface area contributed by atoms with Crippen LogP contribution in [0, 0.1) is 11.6 Å². The smallest absolute Gasteiger partial charge is 0.253 e. The molecule has 4 rings (SSSR count). The summed E-state index contributed by atoms with van der Waals surface area (Å²) in [6.07, 6.45) is 0.119. The van der Waals surface area contributed by atoms with E-state index in [1.54, 1.807) is 24.3 Å². The number of rotatable bonds is 6. The van der Waals surface area contributed by atoms with Crippen molar-refractivity contribution < 1.29 is 27.5 Å². The Morgan fingerprint density at radius 1 is 1.00 bits per heavy atom. The van der Waals surface area contributed by atoms with E-state index in [1.807, 2.05) is 20.8 Å². The number of nitrogens with two attached hydrogens (primary N) is 1. The minimum absolute atomic E-state index is 0.0660. The number of methoxy groups -OCH3 is 1. The van der Waals surface area contributed by atoms with Gasteiger partial charge in [0.05, 0.1) is 18.1 Å². The SMILES string of the molecule is COc1ccc(C(=O)NC(C)(C)C)cc1-c1ccc2oc(Cc3ccc(F)cc3)c(C(N)=O)c2c1F. The second-order valence-electron chi connectivity index (χ2n) is 9.49. The second kappa shape index (κ2) is 9.45. The molecule has 8 heteroatoms. The molecule has 36 heavy (non-hydrogen) atoms. The first-order chi connectivity index (χ1) is 17.0. The average molecular weight is 493 g/mol. The number of ether oxygens (including phenoxy) is 1. The van der Waals surface area contributed by atoms with Crippen molar-refractivity contribution in [3.05, 3.63) is 88.7 Å². The molecule has 0 aliphatic rings. The lowest BCUT2D eigenvalue weighted by molar-refractivity contribution is 0.0918. The fourth-order valence-corrected chi connectivity index (χ4v) is 4.05. The van der Waals surface area contributed by atoms with Crippen LogP contribution in [0.15, 0.2) is 59.0 Å². The molecule has 0 aliphatic carbocycles. The Morgan fingerprint density at radius 3 is 2.31 bits per heavy atom. The van der Waals surface area contributed by atoms with Crippen LogP contribution in [0.4, 0.5) is 8.78 Å². The quantitative estimate of drug-likeness (QED) is 0.366. The maximum Gasteiger partial charge on any atom is 0.253 e. The number of primary amides is 1. The Morgan fingerprint density at radius 2 is 1.69 bits per heavy atom. The zero-order valence-corrected chi connectivity index (χ0v) is 20.4. The van der Waals surface area contributed by atoms with Crippen molar-refractivity contribution in [2.45, 2.75) is 32.7 Å². The molecule has 0 atom stereocenters. The Hall–Kier alpha value is -4.20. The van der Waals surface area contributed by atoms with Crippen molar-refractivity contribution >= 4 is 22.8 Å². The summed E-state index contributed by atoms with van der Waals surface area (Å²) in [5.41, 5.74) is 6.65. The number of carbonyl (C=O) groups excluding carboxylic acids is 2. The van der Waals surface area contributed by atoms with E-state index in [4.69, 9.17) is 14.9 Å². The highest BCUT2D eigenvalue weighted by Crippen LogP contribution is 2.38. The molecular formula is C28H26F2N2O4. The molecule has 0 radical (unpaired) electrons. The highest BCUT2D eigenvalue weighted by atomic mass is 19.1. The largest absolute Gasteiger partial charge is 0.496 e. The molecule has 186 valence electrons. The molecule has 4 aromatic rings. The normalized spacial score (nSPS) is 11.5. The van der Waals surface area contributed by atoms with Gasteiger partial charge in [-0.15, -0.1) is 0 Å². The summed E-state index contributed by atoms with van der Waals surface area (Å²) in [5, 5.41) is 2.81. The number of benzene rings is 3. The van der Waals surface area contributed by atoms with Gasteiger partial charge < -0.3 is 20.2 Å². The second-order valence-corrected chi connectivity index (χ2v) is 9.49. The predicted molar refractivity (Wildman–Crippen MR) is 133 cm³/mol. The molecule has 0 fully saturated rings. The molecule has 1 heterocycles. The first kappa shape index (κ1) is 24.9. The summed E-state index contributed by atoms with van der Waals surface area (Å²) in [5.74, 6) is -1.80. The van der Waals surface area contributed by atoms with Crippen molar-refractivity contribution in [2.24, 2.45) is 5.73 Å². The number of halogens is 2. The van der Waals surface area contributed by atoms with Gasteiger partial charge in [0.1, 0.15) is 28.7 Å². The standard InChI is InChI=1S/C28H26F2N2O4/c1-28(2,3)32-27(34)16-7-11-20(35-4)19(14-16)18-10-12-21-23(25(18)30)24(26(31)33)22(36-21)13-15-5-8-17(29)9-6-15/h5-12,14H,13H2,1-4H3,(H2,31,33)(H,32,34). The van der Waals surface area contributed by atoms with Crippen molar-refractivity contribution in [1.29, 1.82) is 0 Å². The van der Waals surface area contributed by atoms with Crippen LogP contribution in [0.2, 0.25) is 0 Å². The molecule has 0 saturated heterocycles. The monoisotopic (exact) mass is 492 g/mol. The van der Waals surface area contributed by atoms with Crippen LogP contribution in [0.3, 0.4) is 0 Å². The first-order valence-electron chi connectivity index (χ1n) is 11.3. The molecule has 6 nitrogen and oxygen atoms in total. The number of fused-ring (bicyclic) bond motifs is 1. The van der Waals surface area contributed by atoms with Gasteiger partial charge in [0.25, 0.3) is 11.8 Å². The van der Waals surface area contributed by atoms with E-state index in [0.717, 1.165) is 0 Å². The van der Waals surface area contributed by atoms with Crippen LogP contribution in [0.5, 0.6) is 5.75 Å². The van der Waals surface area contributed by atoms with Crippen LogP contribution < -0.4 is 15.8 Å². The molecule has 2 amide bonds. The van der Waals surface area contributed by atoms with E-state index in [0.29, 0.717) is 22.4 Å². The van der Waals surface area contributed by atoms with Gasteiger partial charge in [-0.1, -0.05) is 12.1 Å². The number of nitrogens with one attached hydrogen (secondary N) is 1. The summed E-state index contributed by atoms with van der Waals surface area (Å²) < 4.78 is 40.6. The highest BCUT2D eigenvalue weighted by Gasteiger charge is 2.26. The summed E-state index contributed by atoms with van der Waals surface area (Å²) >= 11 is 0. The predicted octanol–water partition coefficient (Wildman–Crippen LogP) is 5.60. The van der Waals surface area contributed by atoms with Gasteiger partial charge in [-0.2, -0.15) is 0 Å². The summed E-state index contributed by atoms with van der Waals surface area (Å²) in [6, 6.07) is 13.4. The van der Waals surface area contributed by atoms with E-state index < -0.39 is 23.1 Å². The molecule has 0 spiro atoms. The third-order valence-electron chi connectivity index (χ3n) is 5.63. The maximum absolute atomic E-state index is 16.0. The lowest BCUT2D eigenvalue weighted by Crippen LogP contribution is -2.40. The highest BCUT2D eigenvalue weighted by molar-refractivity contribution is 6.08. The van der Waals surface area contributed by atoms with E-state index >= 15 is 4.39 Å². The van der Waals surface area contributed by atoms with Crippen LogP contribution in [-0.2, 0) is 6.42 Å². The van der Waals surface area contributed by atoms with E-state index in [9.17, 15) is 14.0 Å². The number of hydrogen-bond acceptors (Lipinski definition) is 4. The number of carbonyl (C=O) groups is 2. The third kappa shape index (κ3) is 4.93. The molecule has 3 aromatic carbocycles. The Balaban J connectivity index is 1.86. The van der Waals surface area contributed by atoms with Crippen LogP contribution >= 0.6 is 0 Å². The summed E-state index contributed by atoms with van der Waals surface area (Å²) in [7, 11) is 1.44. The van der Waals surface area contributed by atoms with Crippen LogP contribution in [-0.4, -0.2) is 24.5 Å². The van der Waals surface area contributed by atoms with Gasteiger partial charge in [-0.05, 0) is 68.8 Å². The Kier molecular flexibility index (Phi) is 6.54. The number of amides is 2.